The SMILES string of the molecule is CN(CC1CCCCC1O)C(=O)CN1C(=O)CCc2ccccc21. The summed E-state index contributed by atoms with van der Waals surface area (Å²) in [5, 5.41) is 10.1. The van der Waals surface area contributed by atoms with Crippen LogP contribution >= 0.6 is 0 Å². The fourth-order valence-corrected chi connectivity index (χ4v) is 3.78. The zero-order chi connectivity index (χ0) is 17.1. The molecule has 1 aliphatic carbocycles. The predicted molar refractivity (Wildman–Crippen MR) is 92.7 cm³/mol. The summed E-state index contributed by atoms with van der Waals surface area (Å²) in [5.74, 6) is 0.0861. The molecule has 1 N–H and O–H groups in total. The van der Waals surface area contributed by atoms with Crippen LogP contribution in [0.4, 0.5) is 5.69 Å². The fraction of sp³-hybridized carbons (Fsp3) is 0.579. The molecule has 2 unspecified atom stereocenters. The van der Waals surface area contributed by atoms with Gasteiger partial charge in [-0.25, -0.2) is 0 Å². The number of aliphatic hydroxyl groups excluding tert-OH is 1. The monoisotopic (exact) mass is 330 g/mol. The summed E-state index contributed by atoms with van der Waals surface area (Å²) >= 11 is 0. The number of carbonyl (C=O) groups excluding carboxylic acids is 2. The van der Waals surface area contributed by atoms with Gasteiger partial charge in [-0.15, -0.1) is 0 Å². The number of carbonyl (C=O) groups is 2. The van der Waals surface area contributed by atoms with Gasteiger partial charge in [0.05, 0.1) is 6.10 Å². The molecule has 2 atom stereocenters. The van der Waals surface area contributed by atoms with Crippen molar-refractivity contribution in [3.63, 3.8) is 0 Å². The van der Waals surface area contributed by atoms with Crippen LogP contribution < -0.4 is 4.90 Å². The molecule has 0 spiro atoms. The van der Waals surface area contributed by atoms with E-state index >= 15 is 0 Å². The van der Waals surface area contributed by atoms with E-state index in [1.165, 1.54) is 0 Å². The Bertz CT molecular complexity index is 616. The Balaban J connectivity index is 1.64. The minimum Gasteiger partial charge on any atom is -0.393 e. The number of hydrogen-bond acceptors (Lipinski definition) is 3. The molecule has 3 rings (SSSR count). The molecule has 5 nitrogen and oxygen atoms in total. The number of aryl methyl sites for hydroxylation is 1. The number of benzene rings is 1. The Morgan fingerprint density at radius 1 is 1.25 bits per heavy atom. The first kappa shape index (κ1) is 17.0. The Labute approximate surface area is 143 Å². The van der Waals surface area contributed by atoms with Gasteiger partial charge in [-0.3, -0.25) is 9.59 Å². The van der Waals surface area contributed by atoms with Crippen molar-refractivity contribution < 1.29 is 14.7 Å². The quantitative estimate of drug-likeness (QED) is 0.918. The maximum atomic E-state index is 12.6. The van der Waals surface area contributed by atoms with E-state index in [0.717, 1.165) is 43.4 Å². The number of likely N-dealkylation sites (N-methyl/N-ethyl adjacent to an activating group) is 1. The third-order valence-electron chi connectivity index (χ3n) is 5.29. The number of aliphatic hydroxyl groups is 1. The molecule has 1 fully saturated rings. The van der Waals surface area contributed by atoms with E-state index in [0.29, 0.717) is 13.0 Å². The van der Waals surface area contributed by atoms with Gasteiger partial charge in [0.15, 0.2) is 0 Å². The first-order valence-electron chi connectivity index (χ1n) is 8.86. The highest BCUT2D eigenvalue weighted by Gasteiger charge is 2.29. The number of rotatable bonds is 4. The van der Waals surface area contributed by atoms with Crippen molar-refractivity contribution in [3.05, 3.63) is 29.8 Å². The average Bonchev–Trinajstić information content (AvgIpc) is 2.59. The molecule has 2 aliphatic rings. The predicted octanol–water partition coefficient (Wildman–Crippen LogP) is 1.98. The summed E-state index contributed by atoms with van der Waals surface area (Å²) in [6, 6.07) is 7.79. The van der Waals surface area contributed by atoms with Crippen molar-refractivity contribution in [2.75, 3.05) is 25.0 Å². The summed E-state index contributed by atoms with van der Waals surface area (Å²) in [5.41, 5.74) is 1.98. The Morgan fingerprint density at radius 2 is 2.00 bits per heavy atom. The number of fused-ring (bicyclic) bond motifs is 1. The molecule has 0 saturated heterocycles. The number of hydrogen-bond donors (Lipinski definition) is 1. The van der Waals surface area contributed by atoms with Crippen LogP contribution in [0.2, 0.25) is 0 Å². The number of nitrogens with zero attached hydrogens (tertiary/aromatic N) is 2. The molecule has 0 aromatic heterocycles. The van der Waals surface area contributed by atoms with Gasteiger partial charge in [0.2, 0.25) is 11.8 Å². The first-order chi connectivity index (χ1) is 11.6. The van der Waals surface area contributed by atoms with Crippen molar-refractivity contribution in [1.82, 2.24) is 4.90 Å². The van der Waals surface area contributed by atoms with Crippen molar-refractivity contribution >= 4 is 17.5 Å². The van der Waals surface area contributed by atoms with E-state index < -0.39 is 0 Å². The lowest BCUT2D eigenvalue weighted by Gasteiger charge is -2.33. The van der Waals surface area contributed by atoms with Gasteiger partial charge in [0, 0.05) is 31.6 Å². The van der Waals surface area contributed by atoms with Crippen LogP contribution in [-0.4, -0.2) is 48.1 Å². The molecule has 1 aromatic rings. The van der Waals surface area contributed by atoms with Crippen LogP contribution in [0.15, 0.2) is 24.3 Å². The molecular formula is C19H26N2O3. The average molecular weight is 330 g/mol. The summed E-state index contributed by atoms with van der Waals surface area (Å²) in [6.45, 7) is 0.638. The molecule has 1 saturated carbocycles. The van der Waals surface area contributed by atoms with Crippen molar-refractivity contribution in [2.24, 2.45) is 5.92 Å². The van der Waals surface area contributed by atoms with E-state index in [1.807, 2.05) is 24.3 Å². The molecule has 5 heteroatoms. The number of amides is 2. The minimum atomic E-state index is -0.314. The van der Waals surface area contributed by atoms with E-state index in [9.17, 15) is 14.7 Å². The van der Waals surface area contributed by atoms with E-state index in [4.69, 9.17) is 0 Å². The van der Waals surface area contributed by atoms with Gasteiger partial charge in [-0.2, -0.15) is 0 Å². The summed E-state index contributed by atoms with van der Waals surface area (Å²) in [4.78, 5) is 28.1. The highest BCUT2D eigenvalue weighted by atomic mass is 16.3. The van der Waals surface area contributed by atoms with Crippen molar-refractivity contribution in [3.8, 4) is 0 Å². The number of para-hydroxylation sites is 1. The van der Waals surface area contributed by atoms with Crippen LogP contribution in [0.3, 0.4) is 0 Å². The van der Waals surface area contributed by atoms with E-state index in [1.54, 1.807) is 16.8 Å². The van der Waals surface area contributed by atoms with Gasteiger partial charge in [0.25, 0.3) is 0 Å². The summed E-state index contributed by atoms with van der Waals surface area (Å²) in [7, 11) is 1.77. The van der Waals surface area contributed by atoms with Gasteiger partial charge in [-0.1, -0.05) is 31.0 Å². The maximum absolute atomic E-state index is 12.6. The van der Waals surface area contributed by atoms with Crippen molar-refractivity contribution in [2.45, 2.75) is 44.6 Å². The second-order valence-corrected chi connectivity index (χ2v) is 6.99. The Kier molecular flexibility index (Phi) is 5.19. The molecule has 2 amide bonds. The topological polar surface area (TPSA) is 60.9 Å². The van der Waals surface area contributed by atoms with E-state index in [-0.39, 0.29) is 30.4 Å². The van der Waals surface area contributed by atoms with E-state index in [2.05, 4.69) is 0 Å². The molecule has 1 aromatic carbocycles. The minimum absolute atomic E-state index is 0.00755. The Hall–Kier alpha value is -1.88. The second-order valence-electron chi connectivity index (χ2n) is 6.99. The molecule has 0 bridgehead atoms. The zero-order valence-corrected chi connectivity index (χ0v) is 14.3. The van der Waals surface area contributed by atoms with Gasteiger partial charge in [0.1, 0.15) is 6.54 Å². The smallest absolute Gasteiger partial charge is 0.242 e. The highest BCUT2D eigenvalue weighted by Crippen LogP contribution is 2.28. The van der Waals surface area contributed by atoms with Crippen molar-refractivity contribution in [1.29, 1.82) is 0 Å². The molecule has 130 valence electrons. The zero-order valence-electron chi connectivity index (χ0n) is 14.3. The lowest BCUT2D eigenvalue weighted by molar-refractivity contribution is -0.131. The largest absolute Gasteiger partial charge is 0.393 e. The summed E-state index contributed by atoms with van der Waals surface area (Å²) < 4.78 is 0. The molecule has 0 radical (unpaired) electrons. The second kappa shape index (κ2) is 7.34. The van der Waals surface area contributed by atoms with Crippen LogP contribution in [0.25, 0.3) is 0 Å². The van der Waals surface area contributed by atoms with Gasteiger partial charge >= 0.3 is 0 Å². The van der Waals surface area contributed by atoms with Crippen LogP contribution in [0.1, 0.15) is 37.7 Å². The molecular weight excluding hydrogens is 304 g/mol. The third-order valence-corrected chi connectivity index (χ3v) is 5.29. The Morgan fingerprint density at radius 3 is 2.79 bits per heavy atom. The van der Waals surface area contributed by atoms with Crippen LogP contribution in [0, 0.1) is 5.92 Å². The lowest BCUT2D eigenvalue weighted by Crippen LogP contribution is -2.46. The molecule has 24 heavy (non-hydrogen) atoms. The van der Waals surface area contributed by atoms with Gasteiger partial charge in [-0.05, 0) is 30.9 Å². The fourth-order valence-electron chi connectivity index (χ4n) is 3.78. The lowest BCUT2D eigenvalue weighted by atomic mass is 9.86. The normalized spacial score (nSPS) is 23.8. The molecule has 1 aliphatic heterocycles. The molecule has 1 heterocycles. The van der Waals surface area contributed by atoms with Gasteiger partial charge < -0.3 is 14.9 Å². The first-order valence-corrected chi connectivity index (χ1v) is 8.86. The van der Waals surface area contributed by atoms with Crippen LogP contribution in [0.5, 0.6) is 0 Å². The number of anilines is 1. The highest BCUT2D eigenvalue weighted by molar-refractivity contribution is 6.00. The van der Waals surface area contributed by atoms with Crippen LogP contribution in [-0.2, 0) is 16.0 Å². The summed E-state index contributed by atoms with van der Waals surface area (Å²) in [6.07, 6.45) is 4.84. The third kappa shape index (κ3) is 3.61. The standard InChI is InChI=1S/C19H26N2O3/c1-20(12-15-7-3-5-9-17(15)22)19(24)13-21-16-8-4-2-6-14(16)10-11-18(21)23/h2,4,6,8,15,17,22H,3,5,7,9-13H2,1H3. The maximum Gasteiger partial charge on any atom is 0.242 e.